The van der Waals surface area contributed by atoms with Crippen LogP contribution in [0.5, 0.6) is 0 Å². The largest absolute Gasteiger partial charge is 0.331 e. The number of nitrogens with one attached hydrogen (secondary N) is 1. The van der Waals surface area contributed by atoms with Crippen LogP contribution in [0.1, 0.15) is 17.4 Å². The number of nitrogens with zero attached hydrogens (tertiary/aromatic N) is 3. The molecule has 4 heteroatoms. The predicted octanol–water partition coefficient (Wildman–Crippen LogP) is 11.9. The van der Waals surface area contributed by atoms with Crippen molar-refractivity contribution in [1.29, 1.82) is 0 Å². The molecule has 1 atom stereocenters. The van der Waals surface area contributed by atoms with Crippen molar-refractivity contribution in [1.82, 2.24) is 9.88 Å². The summed E-state index contributed by atoms with van der Waals surface area (Å²) >= 11 is 0. The van der Waals surface area contributed by atoms with Crippen LogP contribution in [0, 0.1) is 0 Å². The minimum absolute atomic E-state index is 0.481. The highest BCUT2D eigenvalue weighted by Gasteiger charge is 2.26. The van der Waals surface area contributed by atoms with Crippen molar-refractivity contribution < 1.29 is 0 Å². The van der Waals surface area contributed by atoms with Gasteiger partial charge >= 0.3 is 0 Å². The van der Waals surface area contributed by atoms with E-state index in [1.807, 2.05) is 18.2 Å². The lowest BCUT2D eigenvalue weighted by molar-refractivity contribution is 0.516. The fourth-order valence-electron chi connectivity index (χ4n) is 7.68. The van der Waals surface area contributed by atoms with E-state index in [-0.39, 0.29) is 0 Å². The molecule has 2 heterocycles. The van der Waals surface area contributed by atoms with Crippen molar-refractivity contribution in [2.75, 3.05) is 0 Å². The summed E-state index contributed by atoms with van der Waals surface area (Å²) in [5.41, 5.74) is 11.1. The van der Waals surface area contributed by atoms with E-state index < -0.39 is 6.29 Å². The molecule has 0 saturated carbocycles. The van der Waals surface area contributed by atoms with Gasteiger partial charge in [0.05, 0.1) is 11.0 Å². The summed E-state index contributed by atoms with van der Waals surface area (Å²) in [6.45, 7) is 0. The predicted molar refractivity (Wildman–Crippen MR) is 221 cm³/mol. The van der Waals surface area contributed by atoms with Crippen LogP contribution in [0.4, 0.5) is 0 Å². The molecule has 10 rings (SSSR count). The molecule has 8 aromatic carbocycles. The Labute approximate surface area is 308 Å². The zero-order valence-electron chi connectivity index (χ0n) is 28.9. The molecule has 0 fully saturated rings. The van der Waals surface area contributed by atoms with Gasteiger partial charge in [0.25, 0.3) is 0 Å². The SMILES string of the molecule is c1ccc(C2=NC(n3c4cc(-c5ccccc5)ccc4c4c5ccccc5ccc43)NC(c3cc(-c4ccccc4)cc(-c4ccccc4)c3)=N2)cc1. The topological polar surface area (TPSA) is 41.7 Å². The van der Waals surface area contributed by atoms with Gasteiger partial charge in [0.1, 0.15) is 5.84 Å². The second kappa shape index (κ2) is 12.9. The first-order valence-corrected chi connectivity index (χ1v) is 18.0. The van der Waals surface area contributed by atoms with Crippen LogP contribution in [0.2, 0.25) is 0 Å². The van der Waals surface area contributed by atoms with Crippen molar-refractivity contribution in [3.63, 3.8) is 0 Å². The number of hydrogen-bond acceptors (Lipinski definition) is 3. The molecule has 250 valence electrons. The van der Waals surface area contributed by atoms with Gasteiger partial charge in [-0.15, -0.1) is 0 Å². The van der Waals surface area contributed by atoms with E-state index in [9.17, 15) is 0 Å². The molecule has 4 nitrogen and oxygen atoms in total. The number of amidine groups is 2. The third-order valence-electron chi connectivity index (χ3n) is 10.2. The van der Waals surface area contributed by atoms with Crippen molar-refractivity contribution in [3.8, 4) is 33.4 Å². The summed E-state index contributed by atoms with van der Waals surface area (Å²) in [6.07, 6.45) is -0.481. The van der Waals surface area contributed by atoms with Gasteiger partial charge in [-0.3, -0.25) is 0 Å². The maximum Gasteiger partial charge on any atom is 0.204 e. The van der Waals surface area contributed by atoms with Gasteiger partial charge in [0.15, 0.2) is 5.84 Å². The molecular formula is C49H34N4. The molecule has 1 aromatic heterocycles. The van der Waals surface area contributed by atoms with Gasteiger partial charge in [-0.2, -0.15) is 0 Å². The van der Waals surface area contributed by atoms with Crippen molar-refractivity contribution >= 4 is 44.2 Å². The first kappa shape index (κ1) is 30.8. The summed E-state index contributed by atoms with van der Waals surface area (Å²) < 4.78 is 2.36. The maximum atomic E-state index is 5.40. The highest BCUT2D eigenvalue weighted by atomic mass is 15.3. The van der Waals surface area contributed by atoms with Crippen LogP contribution in [-0.4, -0.2) is 16.2 Å². The molecule has 9 aromatic rings. The molecule has 1 N–H and O–H groups in total. The standard InChI is InChI=1S/C49H34N4/c1-5-15-33(16-6-1)38-25-27-43-45(32-38)53(44-28-26-36-21-13-14-24-42(36)46(43)44)49-51-47(37-22-11-4-12-23-37)50-48(52-49)41-30-39(34-17-7-2-8-18-34)29-40(31-41)35-19-9-3-10-20-35/h1-32,49H,(H,50,51,52). The number of aromatic nitrogens is 1. The van der Waals surface area contributed by atoms with Gasteiger partial charge in [-0.25, -0.2) is 9.98 Å². The summed E-state index contributed by atoms with van der Waals surface area (Å²) in [5, 5.41) is 8.69. The molecule has 0 saturated heterocycles. The Bertz CT molecular complexity index is 2780. The molecular weight excluding hydrogens is 645 g/mol. The fraction of sp³-hybridized carbons (Fsp3) is 0.0204. The molecule has 0 bridgehead atoms. The van der Waals surface area contributed by atoms with Crippen LogP contribution in [0.15, 0.2) is 204 Å². The smallest absolute Gasteiger partial charge is 0.204 e. The van der Waals surface area contributed by atoms with E-state index in [2.05, 4.69) is 186 Å². The van der Waals surface area contributed by atoms with Crippen LogP contribution in [0.25, 0.3) is 66.0 Å². The van der Waals surface area contributed by atoms with Crippen LogP contribution >= 0.6 is 0 Å². The average Bonchev–Trinajstić information content (AvgIpc) is 3.59. The molecule has 0 amide bonds. The van der Waals surface area contributed by atoms with Crippen molar-refractivity contribution in [2.24, 2.45) is 9.98 Å². The third kappa shape index (κ3) is 5.58. The van der Waals surface area contributed by atoms with Gasteiger partial charge < -0.3 is 9.88 Å². The second-order valence-corrected chi connectivity index (χ2v) is 13.5. The van der Waals surface area contributed by atoms with Gasteiger partial charge in [-0.1, -0.05) is 164 Å². The molecule has 1 aliphatic rings. The molecule has 0 radical (unpaired) electrons. The normalized spacial score (nSPS) is 14.2. The molecule has 53 heavy (non-hydrogen) atoms. The Morgan fingerprint density at radius 3 is 1.58 bits per heavy atom. The van der Waals surface area contributed by atoms with E-state index in [1.165, 1.54) is 27.1 Å². The molecule has 1 unspecified atom stereocenters. The van der Waals surface area contributed by atoms with Crippen molar-refractivity contribution in [3.05, 3.63) is 205 Å². The monoisotopic (exact) mass is 678 g/mol. The number of fused-ring (bicyclic) bond motifs is 5. The number of hydrogen-bond donors (Lipinski definition) is 1. The lowest BCUT2D eigenvalue weighted by atomic mass is 9.95. The van der Waals surface area contributed by atoms with Crippen molar-refractivity contribution in [2.45, 2.75) is 6.29 Å². The Kier molecular flexibility index (Phi) is 7.51. The Hall–Kier alpha value is -7.04. The molecule has 1 aliphatic heterocycles. The minimum atomic E-state index is -0.481. The highest BCUT2D eigenvalue weighted by Crippen LogP contribution is 2.39. The third-order valence-corrected chi connectivity index (χ3v) is 10.2. The highest BCUT2D eigenvalue weighted by molar-refractivity contribution is 6.21. The average molecular weight is 679 g/mol. The summed E-state index contributed by atoms with van der Waals surface area (Å²) in [5.74, 6) is 1.46. The van der Waals surface area contributed by atoms with Crippen LogP contribution < -0.4 is 5.32 Å². The van der Waals surface area contributed by atoms with Crippen LogP contribution in [-0.2, 0) is 0 Å². The van der Waals surface area contributed by atoms with Crippen LogP contribution in [0.3, 0.4) is 0 Å². The number of benzene rings is 8. The fourth-order valence-corrected chi connectivity index (χ4v) is 7.68. The van der Waals surface area contributed by atoms with Gasteiger partial charge in [-0.05, 0) is 74.5 Å². The van der Waals surface area contributed by atoms with E-state index >= 15 is 0 Å². The summed E-state index contributed by atoms with van der Waals surface area (Å²) in [6, 6.07) is 68.7. The van der Waals surface area contributed by atoms with Gasteiger partial charge in [0.2, 0.25) is 6.29 Å². The van der Waals surface area contributed by atoms with E-state index in [4.69, 9.17) is 9.98 Å². The quantitative estimate of drug-likeness (QED) is 0.187. The van der Waals surface area contributed by atoms with E-state index in [0.717, 1.165) is 55.8 Å². The number of rotatable bonds is 6. The lowest BCUT2D eigenvalue weighted by Gasteiger charge is -2.26. The number of aliphatic imine (C=N–C) groups is 2. The lowest BCUT2D eigenvalue weighted by Crippen LogP contribution is -2.36. The Balaban J connectivity index is 1.21. The first-order valence-electron chi connectivity index (χ1n) is 18.0. The second-order valence-electron chi connectivity index (χ2n) is 13.5. The molecule has 0 spiro atoms. The minimum Gasteiger partial charge on any atom is -0.331 e. The first-order chi connectivity index (χ1) is 26.3. The van der Waals surface area contributed by atoms with E-state index in [0.29, 0.717) is 5.84 Å². The summed E-state index contributed by atoms with van der Waals surface area (Å²) in [7, 11) is 0. The van der Waals surface area contributed by atoms with E-state index in [1.54, 1.807) is 0 Å². The summed E-state index contributed by atoms with van der Waals surface area (Å²) in [4.78, 5) is 10.7. The van der Waals surface area contributed by atoms with Gasteiger partial charge in [0, 0.05) is 21.9 Å². The Morgan fingerprint density at radius 2 is 0.943 bits per heavy atom. The maximum absolute atomic E-state index is 5.40. The zero-order valence-corrected chi connectivity index (χ0v) is 28.9. The molecule has 0 aliphatic carbocycles. The zero-order chi connectivity index (χ0) is 35.1. The Morgan fingerprint density at radius 1 is 0.396 bits per heavy atom.